The quantitative estimate of drug-likeness (QED) is 0.457. The van der Waals surface area contributed by atoms with Gasteiger partial charge in [0.05, 0.1) is 0 Å². The Hall–Kier alpha value is -2.76. The number of aromatic amines is 1. The molecule has 156 valence electrons. The van der Waals surface area contributed by atoms with Gasteiger partial charge < -0.3 is 4.98 Å². The summed E-state index contributed by atoms with van der Waals surface area (Å²) in [6, 6.07) is 4.39. The van der Waals surface area contributed by atoms with Crippen molar-refractivity contribution < 1.29 is 4.39 Å². The molecule has 5 rings (SSSR count). The number of H-pyrrole nitrogens is 1. The zero-order valence-corrected chi connectivity index (χ0v) is 17.7. The number of nitrogens with one attached hydrogen (secondary N) is 1. The van der Waals surface area contributed by atoms with Crippen molar-refractivity contribution in [2.75, 3.05) is 0 Å². The van der Waals surface area contributed by atoms with Crippen LogP contribution >= 0.6 is 0 Å². The van der Waals surface area contributed by atoms with Crippen LogP contribution in [0.5, 0.6) is 0 Å². The minimum Gasteiger partial charge on any atom is -0.349 e. The topological polar surface area (TPSA) is 63.0 Å². The summed E-state index contributed by atoms with van der Waals surface area (Å²) in [5.41, 5.74) is 4.76. The number of hydrogen-bond acceptors (Lipinski definition) is 3. The molecular formula is C24H27FN4O. The van der Waals surface area contributed by atoms with Crippen molar-refractivity contribution in [2.45, 2.75) is 52.9 Å². The van der Waals surface area contributed by atoms with Crippen LogP contribution in [0.4, 0.5) is 4.39 Å². The molecule has 2 heterocycles. The summed E-state index contributed by atoms with van der Waals surface area (Å²) in [4.78, 5) is 20.4. The molecule has 2 aliphatic rings. The van der Waals surface area contributed by atoms with Crippen molar-refractivity contribution in [3.05, 3.63) is 51.8 Å². The van der Waals surface area contributed by atoms with Gasteiger partial charge in [-0.2, -0.15) is 9.78 Å². The van der Waals surface area contributed by atoms with E-state index in [2.05, 4.69) is 35.8 Å². The van der Waals surface area contributed by atoms with Gasteiger partial charge in [-0.3, -0.25) is 4.79 Å². The average Bonchev–Trinajstić information content (AvgIpc) is 3.06. The molecule has 2 atom stereocenters. The summed E-state index contributed by atoms with van der Waals surface area (Å²) >= 11 is 0. The third-order valence-corrected chi connectivity index (χ3v) is 7.10. The number of aromatic nitrogens is 3. The molecule has 1 aromatic carbocycles. The smallest absolute Gasteiger partial charge is 0.298 e. The number of benzene rings is 1. The molecule has 1 N–H and O–H groups in total. The monoisotopic (exact) mass is 406 g/mol. The maximum Gasteiger partial charge on any atom is 0.298 e. The second-order valence-corrected chi connectivity index (χ2v) is 9.57. The Balaban J connectivity index is 1.48. The van der Waals surface area contributed by atoms with Gasteiger partial charge in [0.2, 0.25) is 0 Å². The first-order chi connectivity index (χ1) is 14.3. The fourth-order valence-corrected chi connectivity index (χ4v) is 5.30. The summed E-state index contributed by atoms with van der Waals surface area (Å²) in [5.74, 6) is 0.461. The van der Waals surface area contributed by atoms with Gasteiger partial charge in [-0.25, -0.2) is 9.37 Å². The molecule has 2 unspecified atom stereocenters. The zero-order valence-electron chi connectivity index (χ0n) is 17.7. The number of allylic oxidation sites excluding steroid dienone is 2. The van der Waals surface area contributed by atoms with Crippen LogP contribution in [0.2, 0.25) is 0 Å². The van der Waals surface area contributed by atoms with Gasteiger partial charge in [0.15, 0.2) is 0 Å². The van der Waals surface area contributed by atoms with Crippen LogP contribution in [0.1, 0.15) is 52.9 Å². The first-order valence-electron chi connectivity index (χ1n) is 10.8. The Morgan fingerprint density at radius 1 is 1.33 bits per heavy atom. The fraction of sp³-hybridized carbons (Fsp3) is 0.458. The summed E-state index contributed by atoms with van der Waals surface area (Å²) in [5, 5.41) is 5.11. The number of hydrogen-bond donors (Lipinski definition) is 1. The molecule has 2 aromatic heterocycles. The Kier molecular flexibility index (Phi) is 4.42. The van der Waals surface area contributed by atoms with Gasteiger partial charge in [-0.15, -0.1) is 0 Å². The maximum atomic E-state index is 13.6. The Morgan fingerprint density at radius 2 is 2.17 bits per heavy atom. The van der Waals surface area contributed by atoms with Gasteiger partial charge in [0.25, 0.3) is 5.56 Å². The molecule has 2 aliphatic carbocycles. The van der Waals surface area contributed by atoms with Crippen molar-refractivity contribution in [1.29, 1.82) is 0 Å². The standard InChI is InChI=1S/C24H27FN4O/c1-14-9-15-5-4-8-24(2,3)19(15)10-16(14)12-27-29-13-26-21-18-11-17(25)6-7-20(18)28-22(21)23(29)30/h6-7,11-14,16,28H,4-5,8-10H2,1-3H3/b27-12+. The molecule has 0 saturated heterocycles. The lowest BCUT2D eigenvalue weighted by Gasteiger charge is -2.42. The van der Waals surface area contributed by atoms with Crippen molar-refractivity contribution in [3.63, 3.8) is 0 Å². The average molecular weight is 407 g/mol. The normalized spacial score (nSPS) is 24.1. The lowest BCUT2D eigenvalue weighted by atomic mass is 9.63. The SMILES string of the molecule is CC1CC2=C(CC1/C=N/n1cnc3c([nH]c4ccc(F)cc43)c1=O)C(C)(C)CCC2. The molecule has 0 bridgehead atoms. The van der Waals surface area contributed by atoms with Crippen LogP contribution in [-0.4, -0.2) is 20.9 Å². The van der Waals surface area contributed by atoms with E-state index in [9.17, 15) is 9.18 Å². The second-order valence-electron chi connectivity index (χ2n) is 9.57. The summed E-state index contributed by atoms with van der Waals surface area (Å²) in [6.07, 6.45) is 9.25. The molecule has 6 heteroatoms. The summed E-state index contributed by atoms with van der Waals surface area (Å²) < 4.78 is 14.9. The van der Waals surface area contributed by atoms with E-state index in [1.165, 1.54) is 42.4 Å². The molecule has 5 nitrogen and oxygen atoms in total. The number of fused-ring (bicyclic) bond motifs is 3. The third kappa shape index (κ3) is 3.09. The molecule has 0 amide bonds. The number of rotatable bonds is 2. The van der Waals surface area contributed by atoms with Crippen LogP contribution in [0.25, 0.3) is 21.9 Å². The highest BCUT2D eigenvalue weighted by atomic mass is 19.1. The van der Waals surface area contributed by atoms with E-state index in [0.29, 0.717) is 33.8 Å². The van der Waals surface area contributed by atoms with Gasteiger partial charge >= 0.3 is 0 Å². The highest BCUT2D eigenvalue weighted by Crippen LogP contribution is 2.48. The summed E-state index contributed by atoms with van der Waals surface area (Å²) in [6.45, 7) is 6.98. The van der Waals surface area contributed by atoms with Gasteiger partial charge in [0.1, 0.15) is 23.2 Å². The van der Waals surface area contributed by atoms with Crippen molar-refractivity contribution in [1.82, 2.24) is 14.6 Å². The minimum absolute atomic E-state index is 0.261. The van der Waals surface area contributed by atoms with Crippen LogP contribution in [0, 0.1) is 23.1 Å². The summed E-state index contributed by atoms with van der Waals surface area (Å²) in [7, 11) is 0. The van der Waals surface area contributed by atoms with Crippen LogP contribution < -0.4 is 5.56 Å². The molecule has 3 aromatic rings. The predicted octanol–water partition coefficient (Wildman–Crippen LogP) is 5.40. The molecule has 0 aliphatic heterocycles. The molecule has 30 heavy (non-hydrogen) atoms. The Bertz CT molecular complexity index is 1260. The zero-order chi connectivity index (χ0) is 21.0. The van der Waals surface area contributed by atoms with Gasteiger partial charge in [-0.1, -0.05) is 31.9 Å². The molecule has 0 saturated carbocycles. The van der Waals surface area contributed by atoms with Crippen LogP contribution in [-0.2, 0) is 0 Å². The highest BCUT2D eigenvalue weighted by molar-refractivity contribution is 6.04. The minimum atomic E-state index is -0.349. The van der Waals surface area contributed by atoms with E-state index < -0.39 is 0 Å². The molecule has 0 fully saturated rings. The van der Waals surface area contributed by atoms with Crippen molar-refractivity contribution in [3.8, 4) is 0 Å². The lowest BCUT2D eigenvalue weighted by Crippen LogP contribution is -2.30. The van der Waals surface area contributed by atoms with E-state index >= 15 is 0 Å². The van der Waals surface area contributed by atoms with E-state index in [0.717, 1.165) is 12.8 Å². The molecule has 0 spiro atoms. The Morgan fingerprint density at radius 3 is 3.00 bits per heavy atom. The third-order valence-electron chi connectivity index (χ3n) is 7.10. The van der Waals surface area contributed by atoms with Crippen LogP contribution in [0.3, 0.4) is 0 Å². The highest BCUT2D eigenvalue weighted by Gasteiger charge is 2.36. The Labute approximate surface area is 174 Å². The molecular weight excluding hydrogens is 379 g/mol. The van der Waals surface area contributed by atoms with Crippen molar-refractivity contribution >= 4 is 28.2 Å². The first kappa shape index (κ1) is 19.2. The number of halogens is 1. The fourth-order valence-electron chi connectivity index (χ4n) is 5.30. The van der Waals surface area contributed by atoms with E-state index in [1.54, 1.807) is 17.2 Å². The van der Waals surface area contributed by atoms with E-state index in [1.807, 2.05) is 6.21 Å². The van der Waals surface area contributed by atoms with Gasteiger partial charge in [0, 0.05) is 23.0 Å². The first-order valence-corrected chi connectivity index (χ1v) is 10.8. The van der Waals surface area contributed by atoms with Crippen molar-refractivity contribution in [2.24, 2.45) is 22.4 Å². The largest absolute Gasteiger partial charge is 0.349 e. The van der Waals surface area contributed by atoms with E-state index in [4.69, 9.17) is 0 Å². The predicted molar refractivity (Wildman–Crippen MR) is 118 cm³/mol. The van der Waals surface area contributed by atoms with E-state index in [-0.39, 0.29) is 16.8 Å². The number of nitrogens with zero attached hydrogens (tertiary/aromatic N) is 3. The van der Waals surface area contributed by atoms with Crippen LogP contribution in [0.15, 0.2) is 45.6 Å². The molecule has 0 radical (unpaired) electrons. The lowest BCUT2D eigenvalue weighted by molar-refractivity contribution is 0.295. The maximum absolute atomic E-state index is 13.6. The second kappa shape index (κ2) is 6.89. The van der Waals surface area contributed by atoms with Gasteiger partial charge in [-0.05, 0) is 61.6 Å².